The number of aromatic amines is 1. The predicted molar refractivity (Wildman–Crippen MR) is 82.4 cm³/mol. The monoisotopic (exact) mass is 316 g/mol. The molecular weight excluding hydrogens is 304 g/mol. The van der Waals surface area contributed by atoms with E-state index in [1.165, 1.54) is 0 Å². The third kappa shape index (κ3) is 2.84. The lowest BCUT2D eigenvalue weighted by molar-refractivity contribution is 0.101. The molecule has 0 unspecified atom stereocenters. The fourth-order valence-corrected chi connectivity index (χ4v) is 2.09. The number of hydrogen-bond donors (Lipinski definition) is 2. The zero-order valence-electron chi connectivity index (χ0n) is 12.0. The highest BCUT2D eigenvalue weighted by Gasteiger charge is 2.16. The second-order valence-electron chi connectivity index (χ2n) is 4.76. The standard InChI is InChI=1S/C14H13ClN6O/c1-8-7-12(19-18-8)17-14(22)13-16-9(2)21(20-13)11-5-3-10(15)4-6-11/h3-7H,1-2H3,(H2,17,18,19,22). The van der Waals surface area contributed by atoms with Crippen LogP contribution in [0.25, 0.3) is 5.69 Å². The van der Waals surface area contributed by atoms with E-state index in [4.69, 9.17) is 11.6 Å². The fourth-order valence-electron chi connectivity index (χ4n) is 1.97. The molecule has 112 valence electrons. The first-order valence-corrected chi connectivity index (χ1v) is 6.94. The molecule has 2 aromatic heterocycles. The molecule has 0 spiro atoms. The number of aryl methyl sites for hydroxylation is 2. The van der Waals surface area contributed by atoms with Gasteiger partial charge in [-0.2, -0.15) is 5.10 Å². The largest absolute Gasteiger partial charge is 0.302 e. The molecule has 7 nitrogen and oxygen atoms in total. The molecule has 0 aliphatic heterocycles. The Morgan fingerprint density at radius 1 is 1.27 bits per heavy atom. The van der Waals surface area contributed by atoms with E-state index in [0.717, 1.165) is 11.4 Å². The second-order valence-corrected chi connectivity index (χ2v) is 5.20. The molecule has 8 heteroatoms. The molecule has 22 heavy (non-hydrogen) atoms. The quantitative estimate of drug-likeness (QED) is 0.777. The minimum absolute atomic E-state index is 0.0769. The van der Waals surface area contributed by atoms with Crippen LogP contribution < -0.4 is 5.32 Å². The number of hydrogen-bond acceptors (Lipinski definition) is 4. The van der Waals surface area contributed by atoms with Gasteiger partial charge in [0.25, 0.3) is 5.91 Å². The zero-order valence-corrected chi connectivity index (χ0v) is 12.7. The van der Waals surface area contributed by atoms with Gasteiger partial charge in [-0.1, -0.05) is 11.6 Å². The number of nitrogens with one attached hydrogen (secondary N) is 2. The van der Waals surface area contributed by atoms with Gasteiger partial charge in [0.1, 0.15) is 5.82 Å². The van der Waals surface area contributed by atoms with E-state index in [1.807, 2.05) is 19.1 Å². The zero-order chi connectivity index (χ0) is 15.7. The number of anilines is 1. The van der Waals surface area contributed by atoms with E-state index in [9.17, 15) is 4.79 Å². The van der Waals surface area contributed by atoms with Crippen molar-refractivity contribution in [2.24, 2.45) is 0 Å². The van der Waals surface area contributed by atoms with Gasteiger partial charge in [0.05, 0.1) is 5.69 Å². The molecule has 0 bridgehead atoms. The number of aromatic nitrogens is 5. The summed E-state index contributed by atoms with van der Waals surface area (Å²) in [6.45, 7) is 3.62. The van der Waals surface area contributed by atoms with Crippen molar-refractivity contribution < 1.29 is 4.79 Å². The Labute approximate surface area is 131 Å². The maximum atomic E-state index is 12.1. The Hall–Kier alpha value is -2.67. The normalized spacial score (nSPS) is 10.7. The van der Waals surface area contributed by atoms with E-state index in [2.05, 4.69) is 25.6 Å². The highest BCUT2D eigenvalue weighted by molar-refractivity contribution is 6.30. The average Bonchev–Trinajstić information content (AvgIpc) is 3.06. The van der Waals surface area contributed by atoms with Gasteiger partial charge < -0.3 is 5.32 Å². The Morgan fingerprint density at radius 2 is 2.00 bits per heavy atom. The van der Waals surface area contributed by atoms with Gasteiger partial charge in [-0.25, -0.2) is 9.67 Å². The van der Waals surface area contributed by atoms with E-state index in [-0.39, 0.29) is 5.82 Å². The number of amides is 1. The van der Waals surface area contributed by atoms with Crippen molar-refractivity contribution in [3.63, 3.8) is 0 Å². The molecule has 0 aliphatic carbocycles. The van der Waals surface area contributed by atoms with Gasteiger partial charge in [-0.3, -0.25) is 9.89 Å². The minimum atomic E-state index is -0.415. The van der Waals surface area contributed by atoms with Crippen LogP contribution in [-0.2, 0) is 0 Å². The van der Waals surface area contributed by atoms with E-state index >= 15 is 0 Å². The molecule has 3 aromatic rings. The first-order chi connectivity index (χ1) is 10.5. The maximum absolute atomic E-state index is 12.1. The third-order valence-corrected chi connectivity index (χ3v) is 3.24. The second kappa shape index (κ2) is 5.61. The van der Waals surface area contributed by atoms with Gasteiger partial charge in [0.2, 0.25) is 5.82 Å². The van der Waals surface area contributed by atoms with Crippen molar-refractivity contribution in [3.05, 3.63) is 52.7 Å². The van der Waals surface area contributed by atoms with Crippen LogP contribution in [0.5, 0.6) is 0 Å². The summed E-state index contributed by atoms with van der Waals surface area (Å²) in [5.41, 5.74) is 1.63. The number of benzene rings is 1. The van der Waals surface area contributed by atoms with Crippen molar-refractivity contribution >= 4 is 23.3 Å². The lowest BCUT2D eigenvalue weighted by atomic mass is 10.3. The maximum Gasteiger partial charge on any atom is 0.296 e. The topological polar surface area (TPSA) is 88.5 Å². The Morgan fingerprint density at radius 3 is 2.64 bits per heavy atom. The van der Waals surface area contributed by atoms with E-state index in [1.54, 1.807) is 29.8 Å². The van der Waals surface area contributed by atoms with Crippen molar-refractivity contribution in [2.45, 2.75) is 13.8 Å². The van der Waals surface area contributed by atoms with Crippen molar-refractivity contribution in [3.8, 4) is 5.69 Å². The summed E-state index contributed by atoms with van der Waals surface area (Å²) >= 11 is 5.87. The number of rotatable bonds is 3. The molecule has 1 aromatic carbocycles. The Balaban J connectivity index is 1.85. The number of carbonyl (C=O) groups excluding carboxylic acids is 1. The van der Waals surface area contributed by atoms with Crippen LogP contribution >= 0.6 is 11.6 Å². The van der Waals surface area contributed by atoms with Gasteiger partial charge >= 0.3 is 0 Å². The highest BCUT2D eigenvalue weighted by atomic mass is 35.5. The molecule has 0 atom stereocenters. The molecule has 0 saturated carbocycles. The first-order valence-electron chi connectivity index (χ1n) is 6.56. The summed E-state index contributed by atoms with van der Waals surface area (Å²) in [5, 5.41) is 14.2. The number of carbonyl (C=O) groups is 1. The van der Waals surface area contributed by atoms with E-state index in [0.29, 0.717) is 16.7 Å². The third-order valence-electron chi connectivity index (χ3n) is 2.99. The first kappa shape index (κ1) is 14.3. The van der Waals surface area contributed by atoms with Crippen LogP contribution in [-0.4, -0.2) is 30.9 Å². The summed E-state index contributed by atoms with van der Waals surface area (Å²) in [6.07, 6.45) is 0. The Kier molecular flexibility index (Phi) is 3.64. The smallest absolute Gasteiger partial charge is 0.296 e. The molecule has 0 radical (unpaired) electrons. The number of H-pyrrole nitrogens is 1. The van der Waals surface area contributed by atoms with Crippen molar-refractivity contribution in [1.82, 2.24) is 25.0 Å². The summed E-state index contributed by atoms with van der Waals surface area (Å²) in [5.74, 6) is 0.698. The molecule has 3 rings (SSSR count). The number of halogens is 1. The van der Waals surface area contributed by atoms with Crippen molar-refractivity contribution in [2.75, 3.05) is 5.32 Å². The molecule has 2 N–H and O–H groups in total. The fraction of sp³-hybridized carbons (Fsp3) is 0.143. The van der Waals surface area contributed by atoms with Crippen LogP contribution in [0.2, 0.25) is 5.02 Å². The number of nitrogens with zero attached hydrogens (tertiary/aromatic N) is 4. The molecule has 0 saturated heterocycles. The highest BCUT2D eigenvalue weighted by Crippen LogP contribution is 2.14. The van der Waals surface area contributed by atoms with Crippen molar-refractivity contribution in [1.29, 1.82) is 0 Å². The summed E-state index contributed by atoms with van der Waals surface area (Å²) in [4.78, 5) is 16.3. The van der Waals surface area contributed by atoms with Crippen LogP contribution in [0.15, 0.2) is 30.3 Å². The summed E-state index contributed by atoms with van der Waals surface area (Å²) < 4.78 is 1.58. The van der Waals surface area contributed by atoms with Crippen LogP contribution in [0.4, 0.5) is 5.82 Å². The SMILES string of the molecule is Cc1cc(NC(=O)c2nc(C)n(-c3ccc(Cl)cc3)n2)n[nH]1. The Bertz CT molecular complexity index is 820. The summed E-state index contributed by atoms with van der Waals surface area (Å²) in [6, 6.07) is 8.85. The van der Waals surface area contributed by atoms with Crippen LogP contribution in [0, 0.1) is 13.8 Å². The van der Waals surface area contributed by atoms with E-state index < -0.39 is 5.91 Å². The van der Waals surface area contributed by atoms with Gasteiger partial charge in [-0.05, 0) is 38.1 Å². The average molecular weight is 317 g/mol. The molecule has 1 amide bonds. The minimum Gasteiger partial charge on any atom is -0.302 e. The molecule has 0 aliphatic rings. The van der Waals surface area contributed by atoms with Gasteiger partial charge in [0.15, 0.2) is 5.82 Å². The lowest BCUT2D eigenvalue weighted by Crippen LogP contribution is -2.14. The molecule has 2 heterocycles. The summed E-state index contributed by atoms with van der Waals surface area (Å²) in [7, 11) is 0. The molecular formula is C14H13ClN6O. The van der Waals surface area contributed by atoms with Gasteiger partial charge in [-0.15, -0.1) is 5.10 Å². The van der Waals surface area contributed by atoms with Gasteiger partial charge in [0, 0.05) is 16.8 Å². The predicted octanol–water partition coefficient (Wildman–Crippen LogP) is 2.51. The molecule has 0 fully saturated rings. The van der Waals surface area contributed by atoms with Crippen LogP contribution in [0.1, 0.15) is 22.1 Å². The van der Waals surface area contributed by atoms with Crippen LogP contribution in [0.3, 0.4) is 0 Å². The lowest BCUT2D eigenvalue weighted by Gasteiger charge is -2.02.